The molecular weight excluding hydrogens is 378 g/mol. The summed E-state index contributed by atoms with van der Waals surface area (Å²) in [5.41, 5.74) is 1.82. The summed E-state index contributed by atoms with van der Waals surface area (Å²) in [5.74, 6) is 1.08. The van der Waals surface area contributed by atoms with E-state index in [9.17, 15) is 9.59 Å². The van der Waals surface area contributed by atoms with Gasteiger partial charge in [0.1, 0.15) is 4.88 Å². The molecule has 0 saturated heterocycles. The van der Waals surface area contributed by atoms with Gasteiger partial charge in [0, 0.05) is 16.6 Å². The number of esters is 1. The molecule has 2 aliphatic rings. The summed E-state index contributed by atoms with van der Waals surface area (Å²) in [6.45, 7) is 3.95. The summed E-state index contributed by atoms with van der Waals surface area (Å²) >= 11 is 1.49. The third kappa shape index (κ3) is 3.85. The van der Waals surface area contributed by atoms with Crippen LogP contribution >= 0.6 is 11.3 Å². The number of carbonyl (C=O) groups excluding carboxylic acids is 2. The van der Waals surface area contributed by atoms with E-state index >= 15 is 0 Å². The molecule has 1 aromatic carbocycles. The summed E-state index contributed by atoms with van der Waals surface area (Å²) in [6.07, 6.45) is 3.47. The molecule has 1 N–H and O–H groups in total. The van der Waals surface area contributed by atoms with Crippen LogP contribution in [-0.2, 0) is 22.4 Å². The number of fused-ring (bicyclic) bond motifs is 2. The minimum atomic E-state index is -0.902. The van der Waals surface area contributed by atoms with Gasteiger partial charge in [0.15, 0.2) is 17.6 Å². The zero-order chi connectivity index (χ0) is 19.7. The average molecular weight is 401 g/mol. The van der Waals surface area contributed by atoms with Gasteiger partial charge in [0.25, 0.3) is 5.91 Å². The number of thiophene rings is 1. The Morgan fingerprint density at radius 1 is 1.29 bits per heavy atom. The highest BCUT2D eigenvalue weighted by Gasteiger charge is 2.25. The largest absolute Gasteiger partial charge is 0.454 e. The first kappa shape index (κ1) is 18.8. The van der Waals surface area contributed by atoms with E-state index < -0.39 is 12.1 Å². The number of hydrogen-bond acceptors (Lipinski definition) is 6. The maximum absolute atomic E-state index is 12.5. The maximum Gasteiger partial charge on any atom is 0.349 e. The second-order valence-electron chi connectivity index (χ2n) is 7.18. The highest BCUT2D eigenvalue weighted by Crippen LogP contribution is 2.35. The molecule has 0 spiro atoms. The molecule has 1 aromatic heterocycles. The minimum absolute atomic E-state index is 0.171. The molecule has 4 rings (SSSR count). The van der Waals surface area contributed by atoms with E-state index in [0.717, 1.165) is 19.3 Å². The zero-order valence-corrected chi connectivity index (χ0v) is 16.8. The van der Waals surface area contributed by atoms with Crippen LogP contribution in [0.5, 0.6) is 11.5 Å². The maximum atomic E-state index is 12.5. The van der Waals surface area contributed by atoms with E-state index in [1.54, 1.807) is 25.1 Å². The van der Waals surface area contributed by atoms with Gasteiger partial charge in [-0.05, 0) is 55.9 Å². The van der Waals surface area contributed by atoms with Crippen molar-refractivity contribution < 1.29 is 23.8 Å². The molecule has 2 atom stereocenters. The van der Waals surface area contributed by atoms with Crippen LogP contribution in [0.25, 0.3) is 0 Å². The molecule has 28 heavy (non-hydrogen) atoms. The standard InChI is InChI=1S/C21H23NO5S/c1-3-13-4-7-18-14(8-13)9-19(28-18)21(24)27-12(2)20(23)22-15-5-6-16-17(10-15)26-11-25-16/h5-6,9-10,12-13H,3-4,7-8,11H2,1-2H3,(H,22,23)/t12-,13+/m1/s1. The predicted molar refractivity (Wildman–Crippen MR) is 106 cm³/mol. The van der Waals surface area contributed by atoms with Gasteiger partial charge in [-0.15, -0.1) is 11.3 Å². The van der Waals surface area contributed by atoms with Crippen molar-refractivity contribution in [2.75, 3.05) is 12.1 Å². The lowest BCUT2D eigenvalue weighted by molar-refractivity contribution is -0.123. The molecule has 2 heterocycles. The molecule has 0 radical (unpaired) electrons. The van der Waals surface area contributed by atoms with Crippen LogP contribution in [0.3, 0.4) is 0 Å². The van der Waals surface area contributed by atoms with Crippen LogP contribution in [-0.4, -0.2) is 24.8 Å². The number of rotatable bonds is 5. The Morgan fingerprint density at radius 3 is 2.93 bits per heavy atom. The lowest BCUT2D eigenvalue weighted by Gasteiger charge is -2.19. The topological polar surface area (TPSA) is 73.9 Å². The Kier molecular flexibility index (Phi) is 5.26. The predicted octanol–water partition coefficient (Wildman–Crippen LogP) is 4.18. The summed E-state index contributed by atoms with van der Waals surface area (Å²) in [5, 5.41) is 2.74. The Morgan fingerprint density at radius 2 is 2.11 bits per heavy atom. The Balaban J connectivity index is 1.36. The third-order valence-electron chi connectivity index (χ3n) is 5.26. The number of ether oxygens (including phenoxy) is 3. The van der Waals surface area contributed by atoms with Crippen LogP contribution < -0.4 is 14.8 Å². The molecule has 2 aromatic rings. The smallest absolute Gasteiger partial charge is 0.349 e. The molecule has 0 fully saturated rings. The van der Waals surface area contributed by atoms with Gasteiger partial charge in [-0.3, -0.25) is 4.79 Å². The van der Waals surface area contributed by atoms with Gasteiger partial charge in [0.05, 0.1) is 0 Å². The monoisotopic (exact) mass is 401 g/mol. The van der Waals surface area contributed by atoms with Crippen LogP contribution in [0.15, 0.2) is 24.3 Å². The number of carbonyl (C=O) groups is 2. The van der Waals surface area contributed by atoms with Gasteiger partial charge < -0.3 is 19.5 Å². The fraction of sp³-hybridized carbons (Fsp3) is 0.429. The van der Waals surface area contributed by atoms with Crippen molar-refractivity contribution >= 4 is 28.9 Å². The summed E-state index contributed by atoms with van der Waals surface area (Å²) < 4.78 is 16.0. The van der Waals surface area contributed by atoms with Gasteiger partial charge in [-0.2, -0.15) is 0 Å². The molecule has 6 nitrogen and oxygen atoms in total. The Bertz CT molecular complexity index is 906. The quantitative estimate of drug-likeness (QED) is 0.761. The van der Waals surface area contributed by atoms with Crippen LogP contribution in [0.2, 0.25) is 0 Å². The van der Waals surface area contributed by atoms with Gasteiger partial charge in [0.2, 0.25) is 6.79 Å². The number of aryl methyl sites for hydroxylation is 1. The molecule has 7 heteroatoms. The lowest BCUT2D eigenvalue weighted by Crippen LogP contribution is -2.29. The van der Waals surface area contributed by atoms with E-state index in [-0.39, 0.29) is 12.7 Å². The van der Waals surface area contributed by atoms with E-state index in [4.69, 9.17) is 14.2 Å². The Hall–Kier alpha value is -2.54. The minimum Gasteiger partial charge on any atom is -0.454 e. The van der Waals surface area contributed by atoms with Crippen molar-refractivity contribution in [1.82, 2.24) is 0 Å². The van der Waals surface area contributed by atoms with Crippen molar-refractivity contribution in [2.45, 2.75) is 45.6 Å². The molecule has 0 unspecified atom stereocenters. The van der Waals surface area contributed by atoms with Crippen molar-refractivity contribution in [3.8, 4) is 11.5 Å². The SMILES string of the molecule is CC[C@H]1CCc2sc(C(=O)O[C@H](C)C(=O)Nc3ccc4c(c3)OCO4)cc2C1. The molecule has 1 amide bonds. The van der Waals surface area contributed by atoms with E-state index in [2.05, 4.69) is 12.2 Å². The highest BCUT2D eigenvalue weighted by molar-refractivity contribution is 7.14. The van der Waals surface area contributed by atoms with Gasteiger partial charge in [-0.25, -0.2) is 4.79 Å². The summed E-state index contributed by atoms with van der Waals surface area (Å²) in [4.78, 5) is 26.8. The molecule has 0 saturated carbocycles. The third-order valence-corrected chi connectivity index (χ3v) is 6.47. The second kappa shape index (κ2) is 7.83. The van der Waals surface area contributed by atoms with Gasteiger partial charge >= 0.3 is 5.97 Å². The van der Waals surface area contributed by atoms with E-state index in [0.29, 0.717) is 28.0 Å². The summed E-state index contributed by atoms with van der Waals surface area (Å²) in [6, 6.07) is 7.07. The van der Waals surface area contributed by atoms with Crippen molar-refractivity contribution in [1.29, 1.82) is 0 Å². The molecule has 1 aliphatic carbocycles. The fourth-order valence-electron chi connectivity index (χ4n) is 3.54. The molecule has 0 bridgehead atoms. The van der Waals surface area contributed by atoms with E-state index in [1.807, 2.05) is 6.07 Å². The fourth-order valence-corrected chi connectivity index (χ4v) is 4.63. The number of benzene rings is 1. The first-order valence-corrected chi connectivity index (χ1v) is 10.4. The average Bonchev–Trinajstić information content (AvgIpc) is 3.33. The lowest BCUT2D eigenvalue weighted by atomic mass is 9.87. The molecule has 148 valence electrons. The van der Waals surface area contributed by atoms with Crippen LogP contribution in [0, 0.1) is 5.92 Å². The number of amides is 1. The van der Waals surface area contributed by atoms with Crippen LogP contribution in [0.4, 0.5) is 5.69 Å². The Labute approximate surface area is 167 Å². The zero-order valence-electron chi connectivity index (χ0n) is 15.9. The number of nitrogens with one attached hydrogen (secondary N) is 1. The summed E-state index contributed by atoms with van der Waals surface area (Å²) in [7, 11) is 0. The first-order valence-electron chi connectivity index (χ1n) is 9.56. The highest BCUT2D eigenvalue weighted by atomic mass is 32.1. The number of hydrogen-bond donors (Lipinski definition) is 1. The molecule has 1 aliphatic heterocycles. The van der Waals surface area contributed by atoms with E-state index in [1.165, 1.54) is 28.2 Å². The number of anilines is 1. The second-order valence-corrected chi connectivity index (χ2v) is 8.32. The van der Waals surface area contributed by atoms with Crippen molar-refractivity contribution in [3.63, 3.8) is 0 Å². The van der Waals surface area contributed by atoms with Gasteiger partial charge in [-0.1, -0.05) is 13.3 Å². The molecular formula is C21H23NO5S. The first-order chi connectivity index (χ1) is 13.5. The van der Waals surface area contributed by atoms with Crippen molar-refractivity contribution in [3.05, 3.63) is 39.6 Å². The normalized spacial score (nSPS) is 18.3. The van der Waals surface area contributed by atoms with Crippen molar-refractivity contribution in [2.24, 2.45) is 5.92 Å². The van der Waals surface area contributed by atoms with Crippen LogP contribution in [0.1, 0.15) is 46.8 Å².